The topological polar surface area (TPSA) is 41.6 Å². The first-order valence-corrected chi connectivity index (χ1v) is 10.0. The number of hydrogen-bond donors (Lipinski definition) is 1. The highest BCUT2D eigenvalue weighted by molar-refractivity contribution is 7.21. The highest BCUT2D eigenvalue weighted by Crippen LogP contribution is 2.53. The summed E-state index contributed by atoms with van der Waals surface area (Å²) >= 11 is 1.05. The summed E-state index contributed by atoms with van der Waals surface area (Å²) in [5, 5.41) is 3.80. The zero-order valence-electron chi connectivity index (χ0n) is 14.9. The molecule has 1 aliphatic carbocycles. The lowest BCUT2D eigenvalue weighted by atomic mass is 9.77. The molecule has 1 amide bonds. The fourth-order valence-electron chi connectivity index (χ4n) is 4.89. The number of piperidine rings is 3. The van der Waals surface area contributed by atoms with Crippen molar-refractivity contribution in [1.29, 1.82) is 0 Å². The number of fused-ring (bicyclic) bond motifs is 3. The first-order valence-electron chi connectivity index (χ1n) is 9.20. The van der Waals surface area contributed by atoms with Crippen molar-refractivity contribution in [2.75, 3.05) is 13.1 Å². The van der Waals surface area contributed by atoms with E-state index in [9.17, 15) is 18.0 Å². The Bertz CT molecular complexity index is 904. The number of carbonyl (C=O) groups is 1. The molecule has 4 nitrogen and oxygen atoms in total. The van der Waals surface area contributed by atoms with Crippen molar-refractivity contribution in [3.05, 3.63) is 29.1 Å². The first kappa shape index (κ1) is 19.8. The summed E-state index contributed by atoms with van der Waals surface area (Å²) in [6.07, 6.45) is -0.324. The lowest BCUT2D eigenvalue weighted by Gasteiger charge is -2.52. The molecular formula is C19H20ClF3N2O2S. The van der Waals surface area contributed by atoms with Crippen molar-refractivity contribution < 1.29 is 22.7 Å². The minimum Gasteiger partial charge on any atom is -0.404 e. The number of rotatable bonds is 3. The predicted octanol–water partition coefficient (Wildman–Crippen LogP) is 4.58. The van der Waals surface area contributed by atoms with Gasteiger partial charge in [0.1, 0.15) is 5.75 Å². The van der Waals surface area contributed by atoms with E-state index in [4.69, 9.17) is 0 Å². The maximum Gasteiger partial charge on any atom is 0.573 e. The van der Waals surface area contributed by atoms with E-state index >= 15 is 0 Å². The molecule has 1 saturated carbocycles. The summed E-state index contributed by atoms with van der Waals surface area (Å²) < 4.78 is 42.3. The molecule has 9 heteroatoms. The Morgan fingerprint density at radius 1 is 1.25 bits per heavy atom. The van der Waals surface area contributed by atoms with E-state index in [0.717, 1.165) is 50.1 Å². The van der Waals surface area contributed by atoms with E-state index in [0.29, 0.717) is 20.9 Å². The summed E-state index contributed by atoms with van der Waals surface area (Å²) in [5.41, 5.74) is 0.123. The van der Waals surface area contributed by atoms with Crippen LogP contribution in [0.5, 0.6) is 5.75 Å². The maximum atomic E-state index is 12.9. The van der Waals surface area contributed by atoms with Gasteiger partial charge in [-0.25, -0.2) is 0 Å². The van der Waals surface area contributed by atoms with Gasteiger partial charge in [0, 0.05) is 5.54 Å². The third-order valence-electron chi connectivity index (χ3n) is 6.23. The third-order valence-corrected chi connectivity index (χ3v) is 7.39. The Hall–Kier alpha value is -1.51. The molecule has 4 fully saturated rings. The minimum atomic E-state index is -4.76. The van der Waals surface area contributed by atoms with Crippen LogP contribution in [0.25, 0.3) is 10.1 Å². The van der Waals surface area contributed by atoms with E-state index in [-0.39, 0.29) is 35.6 Å². The van der Waals surface area contributed by atoms with Crippen LogP contribution in [-0.2, 0) is 0 Å². The minimum absolute atomic E-state index is 0. The quantitative estimate of drug-likeness (QED) is 0.772. The van der Waals surface area contributed by atoms with Gasteiger partial charge in [-0.2, -0.15) is 0 Å². The second kappa shape index (κ2) is 6.78. The van der Waals surface area contributed by atoms with Crippen LogP contribution in [0.4, 0.5) is 13.2 Å². The number of benzene rings is 1. The van der Waals surface area contributed by atoms with E-state index in [1.165, 1.54) is 12.1 Å². The summed E-state index contributed by atoms with van der Waals surface area (Å²) in [7, 11) is 0. The van der Waals surface area contributed by atoms with Gasteiger partial charge >= 0.3 is 6.36 Å². The molecule has 6 rings (SSSR count). The van der Waals surface area contributed by atoms with Crippen LogP contribution >= 0.6 is 23.7 Å². The Morgan fingerprint density at radius 2 is 1.96 bits per heavy atom. The van der Waals surface area contributed by atoms with Crippen molar-refractivity contribution >= 4 is 39.7 Å². The van der Waals surface area contributed by atoms with Crippen LogP contribution in [0.15, 0.2) is 24.3 Å². The highest BCUT2D eigenvalue weighted by atomic mass is 35.5. The summed E-state index contributed by atoms with van der Waals surface area (Å²) in [6, 6.07) is 6.27. The highest BCUT2D eigenvalue weighted by Gasteiger charge is 2.60. The average Bonchev–Trinajstić information content (AvgIpc) is 3.26. The number of halogens is 4. The number of thiophene rings is 1. The van der Waals surface area contributed by atoms with E-state index in [1.807, 2.05) is 0 Å². The van der Waals surface area contributed by atoms with Gasteiger partial charge in [-0.3, -0.25) is 9.69 Å². The second-order valence-electron chi connectivity index (χ2n) is 7.71. The van der Waals surface area contributed by atoms with E-state index < -0.39 is 6.36 Å². The summed E-state index contributed by atoms with van der Waals surface area (Å²) in [4.78, 5) is 15.8. The predicted molar refractivity (Wildman–Crippen MR) is 103 cm³/mol. The van der Waals surface area contributed by atoms with Gasteiger partial charge < -0.3 is 10.1 Å². The Balaban J connectivity index is 0.00000192. The van der Waals surface area contributed by atoms with Crippen LogP contribution in [0.2, 0.25) is 0 Å². The van der Waals surface area contributed by atoms with Crippen molar-refractivity contribution in [2.45, 2.75) is 43.6 Å². The fraction of sp³-hybridized carbons (Fsp3) is 0.526. The monoisotopic (exact) mass is 432 g/mol. The lowest BCUT2D eigenvalue weighted by molar-refractivity contribution is -0.274. The fourth-order valence-corrected chi connectivity index (χ4v) is 5.90. The zero-order chi connectivity index (χ0) is 18.8. The number of amides is 1. The van der Waals surface area contributed by atoms with Crippen molar-refractivity contribution in [2.24, 2.45) is 5.92 Å². The molecule has 152 valence electrons. The van der Waals surface area contributed by atoms with Crippen LogP contribution in [-0.4, -0.2) is 41.8 Å². The molecule has 0 radical (unpaired) electrons. The van der Waals surface area contributed by atoms with Crippen LogP contribution in [0, 0.1) is 5.92 Å². The molecule has 4 heterocycles. The molecule has 4 aliphatic rings. The van der Waals surface area contributed by atoms with Gasteiger partial charge in [0.05, 0.1) is 15.6 Å². The summed E-state index contributed by atoms with van der Waals surface area (Å²) in [6.45, 7) is 2.22. The molecule has 2 bridgehead atoms. The van der Waals surface area contributed by atoms with Gasteiger partial charge in [-0.15, -0.1) is 36.9 Å². The normalized spacial score (nSPS) is 27.5. The van der Waals surface area contributed by atoms with Gasteiger partial charge in [0.2, 0.25) is 0 Å². The van der Waals surface area contributed by atoms with E-state index in [2.05, 4.69) is 15.0 Å². The first-order chi connectivity index (χ1) is 12.9. The van der Waals surface area contributed by atoms with Crippen LogP contribution < -0.4 is 10.1 Å². The van der Waals surface area contributed by atoms with Crippen molar-refractivity contribution in [3.63, 3.8) is 0 Å². The third kappa shape index (κ3) is 3.25. The molecule has 2 aromatic rings. The molecule has 1 N–H and O–H groups in total. The number of hydrogen-bond acceptors (Lipinski definition) is 4. The SMILES string of the molecule is Cl.O=C(NC1C2CCN(CC2)C12CC2)c1cc2cccc(OC(F)(F)F)c2s1. The molecular weight excluding hydrogens is 413 g/mol. The lowest BCUT2D eigenvalue weighted by Crippen LogP contribution is -2.65. The Morgan fingerprint density at radius 3 is 2.61 bits per heavy atom. The number of ether oxygens (including phenoxy) is 1. The summed E-state index contributed by atoms with van der Waals surface area (Å²) in [5.74, 6) is 0.0460. The number of nitrogens with one attached hydrogen (secondary N) is 1. The molecule has 1 spiro atoms. The average molecular weight is 433 g/mol. The van der Waals surface area contributed by atoms with Gasteiger partial charge in [-0.05, 0) is 62.2 Å². The zero-order valence-corrected chi connectivity index (χ0v) is 16.6. The molecule has 3 aliphatic heterocycles. The standard InChI is InChI=1S/C19H19F3N2O2S.ClH/c20-19(21,22)26-13-3-1-2-12-10-14(27-15(12)13)17(25)23-16-11-4-8-24(9-5-11)18(16)6-7-18;/h1-3,10-11,16H,4-9H2,(H,23,25);1H. The number of alkyl halides is 3. The maximum absolute atomic E-state index is 12.9. The van der Waals surface area contributed by atoms with Gasteiger partial charge in [0.15, 0.2) is 0 Å². The second-order valence-corrected chi connectivity index (χ2v) is 8.76. The van der Waals surface area contributed by atoms with E-state index in [1.54, 1.807) is 12.1 Å². The van der Waals surface area contributed by atoms with Crippen molar-refractivity contribution in [3.8, 4) is 5.75 Å². The largest absolute Gasteiger partial charge is 0.573 e. The van der Waals surface area contributed by atoms with Crippen LogP contribution in [0.3, 0.4) is 0 Å². The smallest absolute Gasteiger partial charge is 0.404 e. The Kier molecular flexibility index (Phi) is 4.79. The number of carbonyl (C=O) groups excluding carboxylic acids is 1. The molecule has 1 atom stereocenters. The van der Waals surface area contributed by atoms with Gasteiger partial charge in [0.25, 0.3) is 5.91 Å². The number of nitrogens with zero attached hydrogens (tertiary/aromatic N) is 1. The molecule has 3 saturated heterocycles. The molecule has 28 heavy (non-hydrogen) atoms. The van der Waals surface area contributed by atoms with Gasteiger partial charge in [-0.1, -0.05) is 12.1 Å². The molecule has 1 aromatic heterocycles. The molecule has 1 aromatic carbocycles. The Labute approximate surface area is 170 Å². The molecule has 1 unspecified atom stereocenters. The van der Waals surface area contributed by atoms with Crippen molar-refractivity contribution in [1.82, 2.24) is 10.2 Å². The van der Waals surface area contributed by atoms with Crippen LogP contribution in [0.1, 0.15) is 35.4 Å².